The van der Waals surface area contributed by atoms with E-state index in [4.69, 9.17) is 9.47 Å². The average molecular weight is 359 g/mol. The summed E-state index contributed by atoms with van der Waals surface area (Å²) >= 11 is 0. The highest BCUT2D eigenvalue weighted by Crippen LogP contribution is 2.57. The summed E-state index contributed by atoms with van der Waals surface area (Å²) in [6.07, 6.45) is 1.54. The minimum atomic E-state index is -0.805. The predicted octanol–water partition coefficient (Wildman–Crippen LogP) is 2.51. The van der Waals surface area contributed by atoms with E-state index in [0.717, 1.165) is 5.56 Å². The third-order valence-corrected chi connectivity index (χ3v) is 5.76. The maximum atomic E-state index is 12.8. The Labute approximate surface area is 153 Å². The number of amides is 1. The molecule has 3 rings (SSSR count). The van der Waals surface area contributed by atoms with Crippen LogP contribution in [-0.2, 0) is 20.9 Å². The molecule has 26 heavy (non-hydrogen) atoms. The number of carbonyl (C=O) groups is 2. The molecule has 5 atom stereocenters. The Bertz CT molecular complexity index is 691. The van der Waals surface area contributed by atoms with Crippen molar-refractivity contribution in [1.82, 2.24) is 4.90 Å². The van der Waals surface area contributed by atoms with Gasteiger partial charge < -0.3 is 14.6 Å². The molecular weight excluding hydrogens is 334 g/mol. The summed E-state index contributed by atoms with van der Waals surface area (Å²) in [6.45, 7) is 5.81. The highest BCUT2D eigenvalue weighted by Gasteiger charge is 2.67. The van der Waals surface area contributed by atoms with Crippen LogP contribution < -0.4 is 0 Å². The zero-order valence-electron chi connectivity index (χ0n) is 15.1. The molecule has 1 amide bonds. The van der Waals surface area contributed by atoms with Gasteiger partial charge in [-0.2, -0.15) is 0 Å². The number of hydrogen-bond acceptors (Lipinski definition) is 5. The normalized spacial score (nSPS) is 32.3. The lowest BCUT2D eigenvalue weighted by Gasteiger charge is -2.44. The van der Waals surface area contributed by atoms with Crippen LogP contribution in [0.25, 0.3) is 0 Å². The van der Waals surface area contributed by atoms with Gasteiger partial charge in [0.05, 0.1) is 13.2 Å². The number of esters is 1. The van der Waals surface area contributed by atoms with E-state index in [2.05, 4.69) is 6.58 Å². The molecule has 1 N–H and O–H groups in total. The van der Waals surface area contributed by atoms with Gasteiger partial charge >= 0.3 is 12.1 Å². The summed E-state index contributed by atoms with van der Waals surface area (Å²) < 4.78 is 10.4. The molecule has 6 heteroatoms. The number of fused-ring (bicyclic) bond motifs is 1. The van der Waals surface area contributed by atoms with Crippen molar-refractivity contribution in [3.63, 3.8) is 0 Å². The molecule has 1 saturated carbocycles. The monoisotopic (exact) mass is 359 g/mol. The Hall–Kier alpha value is -2.34. The minimum absolute atomic E-state index is 0.127. The van der Waals surface area contributed by atoms with Crippen LogP contribution in [0.3, 0.4) is 0 Å². The Balaban J connectivity index is 1.85. The highest BCUT2D eigenvalue weighted by atomic mass is 16.6. The SMILES string of the molecule is C=CC[C@]1(C)[C@@H]2[C@@H](C[C@@H]2O)N(C(=O)OCc2ccccc2)[C@@H]1C(=O)OC. The summed E-state index contributed by atoms with van der Waals surface area (Å²) in [4.78, 5) is 26.8. The van der Waals surface area contributed by atoms with Gasteiger partial charge in [-0.1, -0.05) is 43.3 Å². The number of benzene rings is 1. The van der Waals surface area contributed by atoms with E-state index in [-0.39, 0.29) is 18.6 Å². The van der Waals surface area contributed by atoms with Gasteiger partial charge in [0, 0.05) is 17.4 Å². The predicted molar refractivity (Wildman–Crippen MR) is 95.1 cm³/mol. The van der Waals surface area contributed by atoms with Crippen LogP contribution in [0.4, 0.5) is 4.79 Å². The number of rotatable bonds is 5. The van der Waals surface area contributed by atoms with Crippen LogP contribution in [0.1, 0.15) is 25.3 Å². The maximum absolute atomic E-state index is 12.8. The molecule has 1 saturated heterocycles. The molecule has 0 aromatic heterocycles. The maximum Gasteiger partial charge on any atom is 0.411 e. The first kappa shape index (κ1) is 18.5. The van der Waals surface area contributed by atoms with Crippen molar-refractivity contribution in [3.05, 3.63) is 48.6 Å². The topological polar surface area (TPSA) is 76.1 Å². The van der Waals surface area contributed by atoms with Gasteiger partial charge in [0.2, 0.25) is 0 Å². The molecule has 1 aliphatic carbocycles. The Morgan fingerprint density at radius 2 is 2.08 bits per heavy atom. The van der Waals surface area contributed by atoms with Gasteiger partial charge in [0.1, 0.15) is 12.6 Å². The highest BCUT2D eigenvalue weighted by molar-refractivity contribution is 5.84. The van der Waals surface area contributed by atoms with Crippen molar-refractivity contribution in [2.24, 2.45) is 11.3 Å². The number of allylic oxidation sites excluding steroid dienone is 1. The molecule has 1 aliphatic heterocycles. The van der Waals surface area contributed by atoms with E-state index >= 15 is 0 Å². The number of carbonyl (C=O) groups excluding carboxylic acids is 2. The molecule has 2 aliphatic rings. The van der Waals surface area contributed by atoms with Crippen LogP contribution in [-0.4, -0.2) is 47.4 Å². The minimum Gasteiger partial charge on any atom is -0.467 e. The molecule has 6 nitrogen and oxygen atoms in total. The van der Waals surface area contributed by atoms with Crippen LogP contribution in [0.5, 0.6) is 0 Å². The first-order chi connectivity index (χ1) is 12.4. The fourth-order valence-corrected chi connectivity index (χ4v) is 4.55. The van der Waals surface area contributed by atoms with E-state index < -0.39 is 29.6 Å². The lowest BCUT2D eigenvalue weighted by molar-refractivity contribution is -0.149. The van der Waals surface area contributed by atoms with Gasteiger partial charge in [-0.15, -0.1) is 6.58 Å². The van der Waals surface area contributed by atoms with Gasteiger partial charge in [-0.05, 0) is 18.4 Å². The van der Waals surface area contributed by atoms with Gasteiger partial charge in [0.25, 0.3) is 0 Å². The number of aliphatic hydroxyl groups excluding tert-OH is 1. The molecular formula is C20H25NO5. The van der Waals surface area contributed by atoms with Crippen LogP contribution in [0.2, 0.25) is 0 Å². The fraction of sp³-hybridized carbons (Fsp3) is 0.500. The Morgan fingerprint density at radius 3 is 2.65 bits per heavy atom. The zero-order valence-corrected chi connectivity index (χ0v) is 15.1. The second-order valence-electron chi connectivity index (χ2n) is 7.27. The average Bonchev–Trinajstić information content (AvgIpc) is 2.83. The number of likely N-dealkylation sites (tertiary alicyclic amines) is 1. The van der Waals surface area contributed by atoms with Crippen molar-refractivity contribution in [3.8, 4) is 0 Å². The molecule has 0 radical (unpaired) electrons. The molecule has 1 heterocycles. The third kappa shape index (κ3) is 2.88. The van der Waals surface area contributed by atoms with Gasteiger partial charge in [-0.3, -0.25) is 4.90 Å². The Kier molecular flexibility index (Phi) is 5.05. The summed E-state index contributed by atoms with van der Waals surface area (Å²) in [6, 6.07) is 8.33. The van der Waals surface area contributed by atoms with E-state index in [1.165, 1.54) is 12.0 Å². The van der Waals surface area contributed by atoms with Crippen LogP contribution >= 0.6 is 0 Å². The number of methoxy groups -OCH3 is 1. The molecule has 0 spiro atoms. The number of nitrogens with zero attached hydrogens (tertiary/aromatic N) is 1. The standard InChI is InChI=1S/C20H25NO5/c1-4-10-20(2)16-14(11-15(16)22)21(17(20)18(23)25-3)19(24)26-12-13-8-6-5-7-9-13/h4-9,14-17,22H,1,10-12H2,2-3H3/t14-,15+,16-,17-,20-/m1/s1. The largest absolute Gasteiger partial charge is 0.467 e. The van der Waals surface area contributed by atoms with Gasteiger partial charge in [0.15, 0.2) is 0 Å². The van der Waals surface area contributed by atoms with E-state index in [9.17, 15) is 14.7 Å². The molecule has 0 unspecified atom stereocenters. The summed E-state index contributed by atoms with van der Waals surface area (Å²) in [5.74, 6) is -0.693. The lowest BCUT2D eigenvalue weighted by atomic mass is 9.61. The van der Waals surface area contributed by atoms with Crippen molar-refractivity contribution >= 4 is 12.1 Å². The summed E-state index contributed by atoms with van der Waals surface area (Å²) in [5, 5.41) is 10.3. The van der Waals surface area contributed by atoms with Crippen LogP contribution in [0.15, 0.2) is 43.0 Å². The Morgan fingerprint density at radius 1 is 1.38 bits per heavy atom. The molecule has 1 aromatic carbocycles. The third-order valence-electron chi connectivity index (χ3n) is 5.76. The smallest absolute Gasteiger partial charge is 0.411 e. The first-order valence-electron chi connectivity index (χ1n) is 8.80. The summed E-state index contributed by atoms with van der Waals surface area (Å²) in [5.41, 5.74) is 0.233. The van der Waals surface area contributed by atoms with Crippen molar-refractivity contribution in [2.45, 2.75) is 44.6 Å². The summed E-state index contributed by atoms with van der Waals surface area (Å²) in [7, 11) is 1.31. The lowest BCUT2D eigenvalue weighted by Crippen LogP contribution is -2.53. The number of hydrogen-bond donors (Lipinski definition) is 1. The molecule has 140 valence electrons. The van der Waals surface area contributed by atoms with Gasteiger partial charge in [-0.25, -0.2) is 9.59 Å². The second kappa shape index (κ2) is 7.11. The fourth-order valence-electron chi connectivity index (χ4n) is 4.55. The van der Waals surface area contributed by atoms with E-state index in [0.29, 0.717) is 12.8 Å². The number of ether oxygens (including phenoxy) is 2. The van der Waals surface area contributed by atoms with E-state index in [1.807, 2.05) is 37.3 Å². The van der Waals surface area contributed by atoms with Crippen LogP contribution in [0, 0.1) is 11.3 Å². The zero-order chi connectivity index (χ0) is 18.9. The quantitative estimate of drug-likeness (QED) is 0.646. The van der Waals surface area contributed by atoms with E-state index in [1.54, 1.807) is 6.08 Å². The first-order valence-corrected chi connectivity index (χ1v) is 8.80. The van der Waals surface area contributed by atoms with Crippen molar-refractivity contribution in [2.75, 3.05) is 7.11 Å². The van der Waals surface area contributed by atoms with Crippen molar-refractivity contribution in [1.29, 1.82) is 0 Å². The van der Waals surface area contributed by atoms with Crippen molar-refractivity contribution < 1.29 is 24.2 Å². The molecule has 0 bridgehead atoms. The number of aliphatic hydroxyl groups is 1. The second-order valence-corrected chi connectivity index (χ2v) is 7.27. The molecule has 1 aromatic rings. The molecule has 2 fully saturated rings.